The lowest BCUT2D eigenvalue weighted by atomic mass is 10.2. The number of rotatable bonds is 5. The maximum absolute atomic E-state index is 12.6. The van der Waals surface area contributed by atoms with Gasteiger partial charge in [-0.3, -0.25) is 14.3 Å². The van der Waals surface area contributed by atoms with Crippen molar-refractivity contribution in [2.24, 2.45) is 0 Å². The molecule has 142 valence electrons. The van der Waals surface area contributed by atoms with Gasteiger partial charge in [-0.2, -0.15) is 0 Å². The second-order valence-electron chi connectivity index (χ2n) is 5.96. The van der Waals surface area contributed by atoms with E-state index < -0.39 is 10.0 Å². The number of hydrogen-bond acceptors (Lipinski definition) is 5. The summed E-state index contributed by atoms with van der Waals surface area (Å²) < 4.78 is 32.7. The van der Waals surface area contributed by atoms with Gasteiger partial charge in [-0.05, 0) is 42.5 Å². The fraction of sp³-hybridized carbons (Fsp3) is 0.222. The molecule has 2 amide bonds. The van der Waals surface area contributed by atoms with Crippen LogP contribution in [0.2, 0.25) is 0 Å². The summed E-state index contributed by atoms with van der Waals surface area (Å²) in [5, 5.41) is 2.60. The Bertz CT molecular complexity index is 957. The third-order valence-electron chi connectivity index (χ3n) is 3.88. The molecule has 0 radical (unpaired) electrons. The summed E-state index contributed by atoms with van der Waals surface area (Å²) in [6, 6.07) is 12.5. The number of ether oxygens (including phenoxy) is 1. The minimum atomic E-state index is -3.81. The number of sulfonamides is 1. The smallest absolute Gasteiger partial charge is 0.261 e. The van der Waals surface area contributed by atoms with Crippen molar-refractivity contribution in [2.75, 3.05) is 34.7 Å². The van der Waals surface area contributed by atoms with Crippen LogP contribution in [0.15, 0.2) is 53.4 Å². The minimum Gasteiger partial charge on any atom is -0.370 e. The van der Waals surface area contributed by atoms with E-state index in [-0.39, 0.29) is 23.3 Å². The van der Waals surface area contributed by atoms with Crippen molar-refractivity contribution in [3.63, 3.8) is 0 Å². The number of carbonyl (C=O) groups is 2. The molecule has 1 fully saturated rings. The molecule has 0 aromatic heterocycles. The lowest BCUT2D eigenvalue weighted by molar-refractivity contribution is -0.125. The van der Waals surface area contributed by atoms with Crippen LogP contribution in [0.1, 0.15) is 6.92 Å². The highest BCUT2D eigenvalue weighted by atomic mass is 32.2. The predicted octanol–water partition coefficient (Wildman–Crippen LogP) is 1.81. The predicted molar refractivity (Wildman–Crippen MR) is 101 cm³/mol. The van der Waals surface area contributed by atoms with Crippen LogP contribution in [-0.2, 0) is 24.3 Å². The van der Waals surface area contributed by atoms with E-state index in [1.165, 1.54) is 25.1 Å². The first kappa shape index (κ1) is 18.9. The molecule has 2 aromatic carbocycles. The number of hydrogen-bond donors (Lipinski definition) is 2. The molecule has 1 heterocycles. The number of amides is 2. The highest BCUT2D eigenvalue weighted by Gasteiger charge is 2.21. The van der Waals surface area contributed by atoms with Crippen molar-refractivity contribution in [3.05, 3.63) is 48.5 Å². The van der Waals surface area contributed by atoms with Crippen molar-refractivity contribution in [1.82, 2.24) is 0 Å². The van der Waals surface area contributed by atoms with E-state index in [1.807, 2.05) is 0 Å². The summed E-state index contributed by atoms with van der Waals surface area (Å²) >= 11 is 0. The molecule has 9 heteroatoms. The molecule has 0 atom stereocenters. The molecular weight excluding hydrogens is 370 g/mol. The molecule has 1 aliphatic rings. The van der Waals surface area contributed by atoms with Gasteiger partial charge >= 0.3 is 0 Å². The number of nitrogens with one attached hydrogen (secondary N) is 2. The van der Waals surface area contributed by atoms with Crippen LogP contribution in [0, 0.1) is 0 Å². The Morgan fingerprint density at radius 1 is 1.11 bits per heavy atom. The van der Waals surface area contributed by atoms with Gasteiger partial charge in [0.1, 0.15) is 6.61 Å². The van der Waals surface area contributed by atoms with Crippen LogP contribution in [-0.4, -0.2) is 40.0 Å². The average molecular weight is 389 g/mol. The van der Waals surface area contributed by atoms with Gasteiger partial charge in [0.15, 0.2) is 0 Å². The summed E-state index contributed by atoms with van der Waals surface area (Å²) in [5.41, 5.74) is 1.44. The van der Waals surface area contributed by atoms with E-state index in [1.54, 1.807) is 35.2 Å². The van der Waals surface area contributed by atoms with Gasteiger partial charge in [-0.25, -0.2) is 8.42 Å². The Labute approximate surface area is 157 Å². The van der Waals surface area contributed by atoms with Crippen molar-refractivity contribution < 1.29 is 22.7 Å². The highest BCUT2D eigenvalue weighted by molar-refractivity contribution is 7.92. The molecule has 27 heavy (non-hydrogen) atoms. The van der Waals surface area contributed by atoms with Crippen molar-refractivity contribution in [2.45, 2.75) is 11.8 Å². The zero-order chi connectivity index (χ0) is 19.4. The molecule has 0 bridgehead atoms. The van der Waals surface area contributed by atoms with Gasteiger partial charge in [-0.15, -0.1) is 0 Å². The van der Waals surface area contributed by atoms with Gasteiger partial charge in [0.2, 0.25) is 5.91 Å². The molecule has 1 aliphatic heterocycles. The fourth-order valence-electron chi connectivity index (χ4n) is 2.67. The lowest BCUT2D eigenvalue weighted by Gasteiger charge is -2.26. The number of carbonyl (C=O) groups excluding carboxylic acids is 2. The first-order chi connectivity index (χ1) is 12.8. The van der Waals surface area contributed by atoms with Crippen LogP contribution in [0.3, 0.4) is 0 Å². The standard InChI is InChI=1S/C18H19N3O5S/c1-13(22)19-14-3-2-4-15(11-14)20-27(24,25)17-7-5-16(6-8-17)21-9-10-26-12-18(21)23/h2-8,11,20H,9-10,12H2,1H3,(H,19,22). The summed E-state index contributed by atoms with van der Waals surface area (Å²) in [5.74, 6) is -0.409. The highest BCUT2D eigenvalue weighted by Crippen LogP contribution is 2.23. The molecule has 2 N–H and O–H groups in total. The minimum absolute atomic E-state index is 0.0201. The number of nitrogens with zero attached hydrogens (tertiary/aromatic N) is 1. The Balaban J connectivity index is 1.77. The van der Waals surface area contributed by atoms with E-state index in [9.17, 15) is 18.0 Å². The van der Waals surface area contributed by atoms with E-state index >= 15 is 0 Å². The zero-order valence-corrected chi connectivity index (χ0v) is 15.5. The van der Waals surface area contributed by atoms with Crippen LogP contribution >= 0.6 is 0 Å². The van der Waals surface area contributed by atoms with Gasteiger partial charge in [0.25, 0.3) is 15.9 Å². The van der Waals surface area contributed by atoms with Gasteiger partial charge in [0.05, 0.1) is 17.2 Å². The van der Waals surface area contributed by atoms with Crippen molar-refractivity contribution in [1.29, 1.82) is 0 Å². The summed E-state index contributed by atoms with van der Waals surface area (Å²) in [6.45, 7) is 2.26. The Hall–Kier alpha value is -2.91. The van der Waals surface area contributed by atoms with Crippen LogP contribution in [0.25, 0.3) is 0 Å². The summed E-state index contributed by atoms with van der Waals surface area (Å²) in [7, 11) is -3.81. The Morgan fingerprint density at radius 2 is 1.81 bits per heavy atom. The molecule has 0 saturated carbocycles. The molecular formula is C18H19N3O5S. The van der Waals surface area contributed by atoms with Crippen LogP contribution in [0.4, 0.5) is 17.1 Å². The maximum Gasteiger partial charge on any atom is 0.261 e. The maximum atomic E-state index is 12.6. The number of benzene rings is 2. The normalized spacial score (nSPS) is 14.7. The molecule has 3 rings (SSSR count). The Kier molecular flexibility index (Phi) is 5.43. The summed E-state index contributed by atoms with van der Waals surface area (Å²) in [4.78, 5) is 24.6. The van der Waals surface area contributed by atoms with Crippen molar-refractivity contribution in [3.8, 4) is 0 Å². The Morgan fingerprint density at radius 3 is 2.48 bits per heavy atom. The SMILES string of the molecule is CC(=O)Nc1cccc(NS(=O)(=O)c2ccc(N3CCOCC3=O)cc2)c1. The van der Waals surface area contributed by atoms with Gasteiger partial charge < -0.3 is 15.0 Å². The molecule has 0 unspecified atom stereocenters. The molecule has 8 nitrogen and oxygen atoms in total. The quantitative estimate of drug-likeness (QED) is 0.811. The van der Waals surface area contributed by atoms with Crippen LogP contribution < -0.4 is 14.9 Å². The number of anilines is 3. The monoisotopic (exact) mass is 389 g/mol. The second-order valence-corrected chi connectivity index (χ2v) is 7.64. The molecule has 2 aromatic rings. The third kappa shape index (κ3) is 4.63. The van der Waals surface area contributed by atoms with Gasteiger partial charge in [-0.1, -0.05) is 6.07 Å². The number of morpholine rings is 1. The first-order valence-electron chi connectivity index (χ1n) is 8.24. The molecule has 0 spiro atoms. The van der Waals surface area contributed by atoms with E-state index in [2.05, 4.69) is 10.0 Å². The molecule has 1 saturated heterocycles. The van der Waals surface area contributed by atoms with Crippen LogP contribution in [0.5, 0.6) is 0 Å². The van der Waals surface area contributed by atoms with E-state index in [0.29, 0.717) is 30.2 Å². The topological polar surface area (TPSA) is 105 Å². The lowest BCUT2D eigenvalue weighted by Crippen LogP contribution is -2.41. The molecule has 0 aliphatic carbocycles. The van der Waals surface area contributed by atoms with Crippen molar-refractivity contribution >= 4 is 38.9 Å². The largest absolute Gasteiger partial charge is 0.370 e. The first-order valence-corrected chi connectivity index (χ1v) is 9.72. The van der Waals surface area contributed by atoms with E-state index in [4.69, 9.17) is 4.74 Å². The fourth-order valence-corrected chi connectivity index (χ4v) is 3.72. The van der Waals surface area contributed by atoms with Gasteiger partial charge in [0, 0.05) is 24.8 Å². The summed E-state index contributed by atoms with van der Waals surface area (Å²) in [6.07, 6.45) is 0. The zero-order valence-electron chi connectivity index (χ0n) is 14.6. The third-order valence-corrected chi connectivity index (χ3v) is 5.28. The average Bonchev–Trinajstić information content (AvgIpc) is 2.62. The second kappa shape index (κ2) is 7.77. The van der Waals surface area contributed by atoms with E-state index in [0.717, 1.165) is 0 Å².